The number of carboxylic acids is 1. The summed E-state index contributed by atoms with van der Waals surface area (Å²) in [4.78, 5) is 12.5. The number of carbonyl (C=O) groups is 1. The van der Waals surface area contributed by atoms with Gasteiger partial charge in [-0.05, 0) is 92.1 Å². The highest BCUT2D eigenvalue weighted by Gasteiger charge is 2.66. The van der Waals surface area contributed by atoms with Gasteiger partial charge in [-0.25, -0.2) is 0 Å². The van der Waals surface area contributed by atoms with E-state index < -0.39 is 18.0 Å². The van der Waals surface area contributed by atoms with Crippen LogP contribution in [0.15, 0.2) is 34.9 Å². The van der Waals surface area contributed by atoms with Crippen LogP contribution in [0.3, 0.4) is 0 Å². The van der Waals surface area contributed by atoms with E-state index >= 15 is 0 Å². The molecule has 3 heteroatoms. The molecule has 0 radical (unpaired) electrons. The van der Waals surface area contributed by atoms with E-state index in [0.29, 0.717) is 24.2 Å². The highest BCUT2D eigenvalue weighted by atomic mass is 16.4. The molecule has 184 valence electrons. The third-order valence-electron chi connectivity index (χ3n) is 10.8. The van der Waals surface area contributed by atoms with E-state index in [1.54, 1.807) is 0 Å². The van der Waals surface area contributed by atoms with Gasteiger partial charge in [0, 0.05) is 11.3 Å². The number of hydrogen-bond donors (Lipinski definition) is 2. The second kappa shape index (κ2) is 8.11. The summed E-state index contributed by atoms with van der Waals surface area (Å²) < 4.78 is 0. The molecule has 7 atom stereocenters. The Kier molecular flexibility index (Phi) is 6.08. The first-order chi connectivity index (χ1) is 15.3. The molecule has 4 aliphatic rings. The molecular weight excluding hydrogens is 408 g/mol. The third-order valence-corrected chi connectivity index (χ3v) is 10.8. The number of hydrogen-bond acceptors (Lipinski definition) is 2. The average Bonchev–Trinajstić information content (AvgIpc) is 2.90. The van der Waals surface area contributed by atoms with E-state index in [4.69, 9.17) is 0 Å². The van der Waals surface area contributed by atoms with Gasteiger partial charge in [-0.15, -0.1) is 0 Å². The first kappa shape index (κ1) is 24.8. The number of aliphatic hydroxyl groups is 1. The van der Waals surface area contributed by atoms with Crippen LogP contribution in [0.2, 0.25) is 0 Å². The largest absolute Gasteiger partial charge is 0.481 e. The topological polar surface area (TPSA) is 57.5 Å². The summed E-state index contributed by atoms with van der Waals surface area (Å²) in [6, 6.07) is 0. The minimum Gasteiger partial charge on any atom is -0.481 e. The molecule has 0 saturated heterocycles. The number of rotatable bonds is 5. The van der Waals surface area contributed by atoms with Crippen molar-refractivity contribution in [2.24, 2.45) is 39.4 Å². The van der Waals surface area contributed by atoms with Crippen molar-refractivity contribution in [3.05, 3.63) is 34.9 Å². The molecule has 0 aliphatic heterocycles. The molecule has 0 aromatic carbocycles. The van der Waals surface area contributed by atoms with Gasteiger partial charge in [0.2, 0.25) is 0 Å². The fourth-order valence-corrected chi connectivity index (χ4v) is 8.93. The molecule has 4 rings (SSSR count). The second-order valence-electron chi connectivity index (χ2n) is 13.3. The summed E-state index contributed by atoms with van der Waals surface area (Å²) in [5, 5.41) is 21.6. The number of fused-ring (bicyclic) bond motifs is 5. The predicted octanol–water partition coefficient (Wildman–Crippen LogP) is 7.32. The van der Waals surface area contributed by atoms with Gasteiger partial charge < -0.3 is 10.2 Å². The smallest absolute Gasteiger partial charge is 0.306 e. The summed E-state index contributed by atoms with van der Waals surface area (Å²) in [6.07, 6.45) is 14.3. The molecular formula is C30H46O3. The zero-order chi connectivity index (χ0) is 24.4. The zero-order valence-corrected chi connectivity index (χ0v) is 22.0. The molecule has 0 unspecified atom stereocenters. The van der Waals surface area contributed by atoms with Gasteiger partial charge in [0.25, 0.3) is 0 Å². The van der Waals surface area contributed by atoms with Gasteiger partial charge >= 0.3 is 5.97 Å². The van der Waals surface area contributed by atoms with Crippen LogP contribution >= 0.6 is 0 Å². The summed E-state index contributed by atoms with van der Waals surface area (Å²) >= 11 is 0. The van der Waals surface area contributed by atoms with Gasteiger partial charge in [-0.1, -0.05) is 64.8 Å². The van der Waals surface area contributed by atoms with Gasteiger partial charge in [0.15, 0.2) is 0 Å². The minimum absolute atomic E-state index is 0.180. The Morgan fingerprint density at radius 3 is 2.45 bits per heavy atom. The molecule has 0 aromatic heterocycles. The standard InChI is InChI=1S/C30H46O3/c1-19(2)10-8-11-20(26(32)33)25-23(31)18-30(7)22-12-13-24-27(3,4)15-9-16-28(24,5)21(22)14-17-29(25,30)6/h10,12,14,20,23-25,31H,8-9,11,13,15-18H2,1-7H3,(H,32,33)/t20-,23-,24+,25+,28-,29-,30+/m1/s1. The van der Waals surface area contributed by atoms with Gasteiger partial charge in [0.05, 0.1) is 12.0 Å². The fourth-order valence-electron chi connectivity index (χ4n) is 8.93. The summed E-state index contributed by atoms with van der Waals surface area (Å²) in [7, 11) is 0. The van der Waals surface area contributed by atoms with E-state index in [0.717, 1.165) is 19.3 Å². The summed E-state index contributed by atoms with van der Waals surface area (Å²) in [5.41, 5.74) is 4.28. The van der Waals surface area contributed by atoms with Crippen molar-refractivity contribution in [1.29, 1.82) is 0 Å². The van der Waals surface area contributed by atoms with Crippen LogP contribution in [-0.2, 0) is 4.79 Å². The van der Waals surface area contributed by atoms with Crippen LogP contribution in [0, 0.1) is 39.4 Å². The van der Waals surface area contributed by atoms with Crippen LogP contribution < -0.4 is 0 Å². The van der Waals surface area contributed by atoms with Crippen molar-refractivity contribution in [3.63, 3.8) is 0 Å². The second-order valence-corrected chi connectivity index (χ2v) is 13.3. The first-order valence-electron chi connectivity index (χ1n) is 13.2. The molecule has 2 fully saturated rings. The van der Waals surface area contributed by atoms with E-state index in [9.17, 15) is 15.0 Å². The molecule has 0 amide bonds. The zero-order valence-electron chi connectivity index (χ0n) is 22.0. The van der Waals surface area contributed by atoms with E-state index in [1.165, 1.54) is 36.0 Å². The molecule has 0 heterocycles. The van der Waals surface area contributed by atoms with E-state index in [1.807, 2.05) is 0 Å². The maximum absolute atomic E-state index is 12.5. The quantitative estimate of drug-likeness (QED) is 0.428. The molecule has 2 N–H and O–H groups in total. The molecule has 0 spiro atoms. The summed E-state index contributed by atoms with van der Waals surface area (Å²) in [5.74, 6) is -0.837. The lowest BCUT2D eigenvalue weighted by Crippen LogP contribution is -2.51. The summed E-state index contributed by atoms with van der Waals surface area (Å²) in [6.45, 7) is 16.1. The number of aliphatic hydroxyl groups excluding tert-OH is 1. The average molecular weight is 455 g/mol. The highest BCUT2D eigenvalue weighted by Crippen LogP contribution is 2.71. The van der Waals surface area contributed by atoms with Crippen molar-refractivity contribution in [2.45, 2.75) is 106 Å². The molecule has 2 saturated carbocycles. The maximum Gasteiger partial charge on any atom is 0.306 e. The van der Waals surface area contributed by atoms with Crippen LogP contribution in [0.4, 0.5) is 0 Å². The Balaban J connectivity index is 1.74. The lowest BCUT2D eigenvalue weighted by atomic mass is 9.44. The van der Waals surface area contributed by atoms with E-state index in [-0.39, 0.29) is 22.2 Å². The van der Waals surface area contributed by atoms with Crippen LogP contribution in [0.25, 0.3) is 0 Å². The number of aliphatic carboxylic acids is 1. The van der Waals surface area contributed by atoms with Crippen LogP contribution in [0.5, 0.6) is 0 Å². The molecule has 0 bridgehead atoms. The Morgan fingerprint density at radius 1 is 1.12 bits per heavy atom. The van der Waals surface area contributed by atoms with Crippen molar-refractivity contribution < 1.29 is 15.0 Å². The normalized spacial score (nSPS) is 42.2. The lowest BCUT2D eigenvalue weighted by molar-refractivity contribution is -0.148. The molecule has 33 heavy (non-hydrogen) atoms. The third kappa shape index (κ3) is 3.60. The van der Waals surface area contributed by atoms with Gasteiger partial charge in [-0.2, -0.15) is 0 Å². The van der Waals surface area contributed by atoms with Crippen molar-refractivity contribution in [3.8, 4) is 0 Å². The fraction of sp³-hybridized carbons (Fsp3) is 0.767. The lowest BCUT2D eigenvalue weighted by Gasteiger charge is -2.60. The Morgan fingerprint density at radius 2 is 1.82 bits per heavy atom. The molecule has 3 nitrogen and oxygen atoms in total. The maximum atomic E-state index is 12.5. The van der Waals surface area contributed by atoms with Crippen molar-refractivity contribution in [1.82, 2.24) is 0 Å². The van der Waals surface area contributed by atoms with Crippen LogP contribution in [0.1, 0.15) is 99.8 Å². The SMILES string of the molecule is CC(C)=CCC[C@@H](C(=O)O)[C@H]1[C@H](O)C[C@@]2(C)C3=CC[C@H]4C(C)(C)CCC[C@]4(C)C3=CC[C@]12C. The van der Waals surface area contributed by atoms with Gasteiger partial charge in [-0.3, -0.25) is 4.79 Å². The monoisotopic (exact) mass is 454 g/mol. The Bertz CT molecular complexity index is 904. The first-order valence-corrected chi connectivity index (χ1v) is 13.2. The highest BCUT2D eigenvalue weighted by molar-refractivity contribution is 5.71. The number of allylic oxidation sites excluding steroid dienone is 6. The van der Waals surface area contributed by atoms with E-state index in [2.05, 4.69) is 66.7 Å². The Labute approximate surface area is 201 Å². The van der Waals surface area contributed by atoms with Crippen LogP contribution in [-0.4, -0.2) is 22.3 Å². The van der Waals surface area contributed by atoms with Crippen molar-refractivity contribution >= 4 is 5.97 Å². The van der Waals surface area contributed by atoms with Gasteiger partial charge in [0.1, 0.15) is 0 Å². The predicted molar refractivity (Wildman–Crippen MR) is 135 cm³/mol. The van der Waals surface area contributed by atoms with Crippen molar-refractivity contribution in [2.75, 3.05) is 0 Å². The number of carboxylic acid groups (broad SMARTS) is 1. The molecule has 4 aliphatic carbocycles. The molecule has 0 aromatic rings. The minimum atomic E-state index is -0.750. The Hall–Kier alpha value is -1.35.